The molecule has 1 aliphatic rings. The van der Waals surface area contributed by atoms with Gasteiger partial charge in [-0.2, -0.15) is 0 Å². The van der Waals surface area contributed by atoms with E-state index >= 15 is 0 Å². The lowest BCUT2D eigenvalue weighted by Crippen LogP contribution is -2.03. The Morgan fingerprint density at radius 2 is 2.31 bits per heavy atom. The second kappa shape index (κ2) is 3.17. The number of pyridine rings is 1. The summed E-state index contributed by atoms with van der Waals surface area (Å²) in [5.74, 6) is 0.759. The van der Waals surface area contributed by atoms with Gasteiger partial charge in [-0.3, -0.25) is 9.78 Å². The van der Waals surface area contributed by atoms with E-state index in [0.717, 1.165) is 0 Å². The smallest absolute Gasteiger partial charge is 0.181 e. The van der Waals surface area contributed by atoms with Crippen molar-refractivity contribution >= 4 is 11.5 Å². The van der Waals surface area contributed by atoms with Crippen molar-refractivity contribution in [2.75, 3.05) is 5.73 Å². The molecular weight excluding hydrogens is 164 g/mol. The van der Waals surface area contributed by atoms with E-state index in [2.05, 4.69) is 4.98 Å². The summed E-state index contributed by atoms with van der Waals surface area (Å²) < 4.78 is 0. The Morgan fingerprint density at radius 1 is 1.54 bits per heavy atom. The molecule has 0 bridgehead atoms. The molecule has 0 aliphatic heterocycles. The van der Waals surface area contributed by atoms with Crippen LogP contribution in [-0.2, 0) is 0 Å². The van der Waals surface area contributed by atoms with Crippen LogP contribution in [0.3, 0.4) is 0 Å². The first-order valence-corrected chi connectivity index (χ1v) is 4.50. The predicted molar refractivity (Wildman–Crippen MR) is 50.3 cm³/mol. The van der Waals surface area contributed by atoms with Crippen molar-refractivity contribution < 1.29 is 4.79 Å². The average molecular weight is 176 g/mol. The fraction of sp³-hybridized carbons (Fsp3) is 0.400. The second-order valence-electron chi connectivity index (χ2n) is 3.55. The van der Waals surface area contributed by atoms with Crippen molar-refractivity contribution in [3.05, 3.63) is 24.0 Å². The highest BCUT2D eigenvalue weighted by Crippen LogP contribution is 2.33. The number of nitrogens with zero attached hydrogens (tertiary/aromatic N) is 1. The van der Waals surface area contributed by atoms with Crippen molar-refractivity contribution in [1.29, 1.82) is 0 Å². The van der Waals surface area contributed by atoms with E-state index in [1.165, 1.54) is 19.0 Å². The van der Waals surface area contributed by atoms with E-state index in [0.29, 0.717) is 23.7 Å². The van der Waals surface area contributed by atoms with Crippen LogP contribution in [0.1, 0.15) is 29.8 Å². The highest BCUT2D eigenvalue weighted by atomic mass is 16.1. The summed E-state index contributed by atoms with van der Waals surface area (Å²) in [5, 5.41) is 0. The van der Waals surface area contributed by atoms with E-state index in [1.54, 1.807) is 12.1 Å². The lowest BCUT2D eigenvalue weighted by atomic mass is 10.1. The van der Waals surface area contributed by atoms with E-state index < -0.39 is 0 Å². The molecule has 2 rings (SSSR count). The largest absolute Gasteiger partial charge is 0.397 e. The number of hydrogen-bond acceptors (Lipinski definition) is 3. The third-order valence-corrected chi connectivity index (χ3v) is 2.24. The van der Waals surface area contributed by atoms with Crippen LogP contribution in [0.25, 0.3) is 0 Å². The molecule has 0 atom stereocenters. The lowest BCUT2D eigenvalue weighted by Gasteiger charge is -1.98. The fourth-order valence-corrected chi connectivity index (χ4v) is 1.26. The van der Waals surface area contributed by atoms with Gasteiger partial charge in [0.1, 0.15) is 5.69 Å². The van der Waals surface area contributed by atoms with E-state index in [1.807, 2.05) is 0 Å². The van der Waals surface area contributed by atoms with Crippen LogP contribution in [-0.4, -0.2) is 10.8 Å². The van der Waals surface area contributed by atoms with Crippen LogP contribution in [0.4, 0.5) is 5.69 Å². The second-order valence-corrected chi connectivity index (χ2v) is 3.55. The summed E-state index contributed by atoms with van der Waals surface area (Å²) in [5.41, 5.74) is 6.61. The molecule has 1 aliphatic carbocycles. The zero-order chi connectivity index (χ0) is 9.26. The summed E-state index contributed by atoms with van der Waals surface area (Å²) >= 11 is 0. The van der Waals surface area contributed by atoms with Crippen LogP contribution in [0.2, 0.25) is 0 Å². The number of carbonyl (C=O) groups excluding carboxylic acids is 1. The standard InChI is InChI=1S/C10H12N2O/c11-8-3-4-9(12-6-8)10(13)5-7-1-2-7/h3-4,6-7H,1-2,5,11H2. The van der Waals surface area contributed by atoms with Crippen LogP contribution < -0.4 is 5.73 Å². The SMILES string of the molecule is Nc1ccc(C(=O)CC2CC2)nc1. The maximum Gasteiger partial charge on any atom is 0.181 e. The molecule has 0 unspecified atom stereocenters. The molecule has 3 nitrogen and oxygen atoms in total. The Bertz CT molecular complexity index is 314. The van der Waals surface area contributed by atoms with Crippen LogP contribution >= 0.6 is 0 Å². The summed E-state index contributed by atoms with van der Waals surface area (Å²) in [4.78, 5) is 15.5. The zero-order valence-electron chi connectivity index (χ0n) is 7.36. The minimum Gasteiger partial charge on any atom is -0.397 e. The molecule has 68 valence electrons. The highest BCUT2D eigenvalue weighted by Gasteiger charge is 2.25. The van der Waals surface area contributed by atoms with Gasteiger partial charge in [0.15, 0.2) is 5.78 Å². The van der Waals surface area contributed by atoms with E-state index in [9.17, 15) is 4.79 Å². The first-order valence-electron chi connectivity index (χ1n) is 4.50. The Morgan fingerprint density at radius 3 is 2.85 bits per heavy atom. The molecule has 0 amide bonds. The number of anilines is 1. The maximum absolute atomic E-state index is 11.5. The van der Waals surface area contributed by atoms with Gasteiger partial charge in [0.05, 0.1) is 11.9 Å². The molecule has 0 aromatic carbocycles. The molecular formula is C10H12N2O. The van der Waals surface area contributed by atoms with E-state index in [-0.39, 0.29) is 5.78 Å². The maximum atomic E-state index is 11.5. The number of nitrogens with two attached hydrogens (primary N) is 1. The molecule has 0 radical (unpaired) electrons. The molecule has 1 aromatic rings. The number of Topliss-reactive ketones (excluding diaryl/α,β-unsaturated/α-hetero) is 1. The average Bonchev–Trinajstić information content (AvgIpc) is 2.89. The number of ketones is 1. The normalized spacial score (nSPS) is 15.7. The zero-order valence-corrected chi connectivity index (χ0v) is 7.36. The fourth-order valence-electron chi connectivity index (χ4n) is 1.26. The molecule has 2 N–H and O–H groups in total. The van der Waals surface area contributed by atoms with Gasteiger partial charge in [-0.25, -0.2) is 0 Å². The molecule has 0 saturated heterocycles. The van der Waals surface area contributed by atoms with Crippen molar-refractivity contribution in [2.45, 2.75) is 19.3 Å². The topological polar surface area (TPSA) is 56.0 Å². The Balaban J connectivity index is 2.05. The first-order chi connectivity index (χ1) is 6.25. The van der Waals surface area contributed by atoms with Gasteiger partial charge in [-0.1, -0.05) is 0 Å². The third-order valence-electron chi connectivity index (χ3n) is 2.24. The molecule has 13 heavy (non-hydrogen) atoms. The number of hydrogen-bond donors (Lipinski definition) is 1. The lowest BCUT2D eigenvalue weighted by molar-refractivity contribution is 0.0971. The first kappa shape index (κ1) is 8.23. The van der Waals surface area contributed by atoms with Crippen molar-refractivity contribution in [1.82, 2.24) is 4.98 Å². The van der Waals surface area contributed by atoms with Crippen molar-refractivity contribution in [3.63, 3.8) is 0 Å². The minimum absolute atomic E-state index is 0.141. The van der Waals surface area contributed by atoms with Crippen molar-refractivity contribution in [2.24, 2.45) is 5.92 Å². The third kappa shape index (κ3) is 2.05. The van der Waals surface area contributed by atoms with Gasteiger partial charge in [-0.15, -0.1) is 0 Å². The van der Waals surface area contributed by atoms with Gasteiger partial charge in [0.2, 0.25) is 0 Å². The number of aromatic nitrogens is 1. The van der Waals surface area contributed by atoms with Crippen LogP contribution in [0.15, 0.2) is 18.3 Å². The Kier molecular flexibility index (Phi) is 2.00. The Hall–Kier alpha value is -1.38. The predicted octanol–water partition coefficient (Wildman–Crippen LogP) is 1.65. The molecule has 1 heterocycles. The highest BCUT2D eigenvalue weighted by molar-refractivity contribution is 5.94. The molecule has 3 heteroatoms. The number of nitrogen functional groups attached to an aromatic ring is 1. The van der Waals surface area contributed by atoms with Gasteiger partial charge < -0.3 is 5.73 Å². The van der Waals surface area contributed by atoms with Crippen LogP contribution in [0, 0.1) is 5.92 Å². The minimum atomic E-state index is 0.141. The van der Waals surface area contributed by atoms with Gasteiger partial charge in [-0.05, 0) is 30.9 Å². The quantitative estimate of drug-likeness (QED) is 0.712. The van der Waals surface area contributed by atoms with Crippen molar-refractivity contribution in [3.8, 4) is 0 Å². The molecule has 0 spiro atoms. The van der Waals surface area contributed by atoms with Crippen LogP contribution in [0.5, 0.6) is 0 Å². The molecule has 1 fully saturated rings. The number of rotatable bonds is 3. The molecule has 1 aromatic heterocycles. The van der Waals surface area contributed by atoms with Gasteiger partial charge >= 0.3 is 0 Å². The number of carbonyl (C=O) groups is 1. The van der Waals surface area contributed by atoms with E-state index in [4.69, 9.17) is 5.73 Å². The molecule has 1 saturated carbocycles. The summed E-state index contributed by atoms with van der Waals surface area (Å²) in [6.45, 7) is 0. The summed E-state index contributed by atoms with van der Waals surface area (Å²) in [6.07, 6.45) is 4.57. The van der Waals surface area contributed by atoms with Gasteiger partial charge in [0.25, 0.3) is 0 Å². The Labute approximate surface area is 77.0 Å². The summed E-state index contributed by atoms with van der Waals surface area (Å²) in [7, 11) is 0. The summed E-state index contributed by atoms with van der Waals surface area (Å²) in [6, 6.07) is 3.41. The monoisotopic (exact) mass is 176 g/mol. The van der Waals surface area contributed by atoms with Gasteiger partial charge in [0, 0.05) is 6.42 Å².